The van der Waals surface area contributed by atoms with Crippen molar-refractivity contribution in [2.24, 2.45) is 5.41 Å². The Morgan fingerprint density at radius 3 is 1.67 bits per heavy atom. The van der Waals surface area contributed by atoms with Crippen LogP contribution in [-0.2, 0) is 6.42 Å². The summed E-state index contributed by atoms with van der Waals surface area (Å²) in [6.07, 6.45) is 1.07. The van der Waals surface area contributed by atoms with Gasteiger partial charge < -0.3 is 0 Å². The Morgan fingerprint density at radius 1 is 0.778 bits per heavy atom. The Morgan fingerprint density at radius 2 is 1.22 bits per heavy atom. The molecule has 0 aliphatic carbocycles. The topological polar surface area (TPSA) is 0 Å². The molecule has 0 nitrogen and oxygen atoms in total. The van der Waals surface area contributed by atoms with Crippen molar-refractivity contribution in [3.05, 3.63) is 59.9 Å². The van der Waals surface area contributed by atoms with Crippen LogP contribution in [0.25, 0.3) is 11.1 Å². The van der Waals surface area contributed by atoms with E-state index in [1.165, 1.54) is 17.7 Å². The Kier molecular flexibility index (Phi) is 3.51. The van der Waals surface area contributed by atoms with Gasteiger partial charge in [0.05, 0.1) is 0 Å². The minimum Gasteiger partial charge on any atom is -0.207 e. The molecule has 0 radical (unpaired) electrons. The first-order valence-electron chi connectivity index (χ1n) is 6.29. The predicted molar refractivity (Wildman–Crippen MR) is 75.0 cm³/mol. The van der Waals surface area contributed by atoms with Crippen LogP contribution in [0.2, 0.25) is 0 Å². The summed E-state index contributed by atoms with van der Waals surface area (Å²) in [5.41, 5.74) is 3.83. The highest BCUT2D eigenvalue weighted by molar-refractivity contribution is 5.63. The normalized spacial score (nSPS) is 11.6. The van der Waals surface area contributed by atoms with Crippen LogP contribution in [-0.4, -0.2) is 0 Å². The first-order chi connectivity index (χ1) is 8.44. The number of halogens is 1. The van der Waals surface area contributed by atoms with Gasteiger partial charge in [-0.2, -0.15) is 0 Å². The van der Waals surface area contributed by atoms with E-state index < -0.39 is 0 Å². The molecule has 0 heterocycles. The summed E-state index contributed by atoms with van der Waals surface area (Å²) in [6, 6.07) is 15.1. The van der Waals surface area contributed by atoms with E-state index in [0.29, 0.717) is 5.41 Å². The van der Waals surface area contributed by atoms with Crippen molar-refractivity contribution in [1.82, 2.24) is 0 Å². The molecule has 0 amide bonds. The van der Waals surface area contributed by atoms with Gasteiger partial charge >= 0.3 is 0 Å². The first kappa shape index (κ1) is 12.8. The van der Waals surface area contributed by atoms with E-state index in [0.717, 1.165) is 17.5 Å². The predicted octanol–water partition coefficient (Wildman–Crippen LogP) is 5.08. The molecule has 0 saturated carbocycles. The largest absolute Gasteiger partial charge is 0.207 e. The van der Waals surface area contributed by atoms with Gasteiger partial charge in [0.25, 0.3) is 0 Å². The number of benzene rings is 2. The van der Waals surface area contributed by atoms with E-state index in [-0.39, 0.29) is 5.82 Å². The van der Waals surface area contributed by atoms with Crippen LogP contribution in [0.3, 0.4) is 0 Å². The lowest BCUT2D eigenvalue weighted by Crippen LogP contribution is -2.08. The quantitative estimate of drug-likeness (QED) is 0.688. The Labute approximate surface area is 108 Å². The second-order valence-electron chi connectivity index (χ2n) is 5.94. The molecule has 0 N–H and O–H groups in total. The zero-order valence-electron chi connectivity index (χ0n) is 11.2. The molecule has 18 heavy (non-hydrogen) atoms. The fourth-order valence-electron chi connectivity index (χ4n) is 2.07. The summed E-state index contributed by atoms with van der Waals surface area (Å²) in [7, 11) is 0. The van der Waals surface area contributed by atoms with E-state index in [1.807, 2.05) is 12.1 Å². The highest BCUT2D eigenvalue weighted by Crippen LogP contribution is 2.24. The molecule has 0 saturated heterocycles. The van der Waals surface area contributed by atoms with Crippen LogP contribution in [0.5, 0.6) is 0 Å². The van der Waals surface area contributed by atoms with Crippen LogP contribution in [0.4, 0.5) is 4.39 Å². The number of hydrogen-bond donors (Lipinski definition) is 0. The Balaban J connectivity index is 2.20. The molecule has 94 valence electrons. The van der Waals surface area contributed by atoms with Gasteiger partial charge in [0.2, 0.25) is 0 Å². The van der Waals surface area contributed by atoms with Crippen molar-refractivity contribution < 1.29 is 4.39 Å². The average Bonchev–Trinajstić information content (AvgIpc) is 2.29. The maximum Gasteiger partial charge on any atom is 0.123 e. The fourth-order valence-corrected chi connectivity index (χ4v) is 2.07. The number of rotatable bonds is 2. The highest BCUT2D eigenvalue weighted by atomic mass is 19.1. The Hall–Kier alpha value is -1.63. The average molecular weight is 242 g/mol. The summed E-state index contributed by atoms with van der Waals surface area (Å²) in [5.74, 6) is -0.192. The smallest absolute Gasteiger partial charge is 0.123 e. The molecule has 0 spiro atoms. The summed E-state index contributed by atoms with van der Waals surface area (Å²) in [6.45, 7) is 6.71. The Bertz CT molecular complexity index is 501. The van der Waals surface area contributed by atoms with E-state index in [1.54, 1.807) is 0 Å². The van der Waals surface area contributed by atoms with Gasteiger partial charge in [-0.15, -0.1) is 0 Å². The van der Waals surface area contributed by atoms with Gasteiger partial charge in [0.1, 0.15) is 5.82 Å². The van der Waals surface area contributed by atoms with E-state index in [2.05, 4.69) is 45.0 Å². The zero-order valence-corrected chi connectivity index (χ0v) is 11.2. The molecule has 0 fully saturated rings. The van der Waals surface area contributed by atoms with Crippen molar-refractivity contribution in [3.63, 3.8) is 0 Å². The third kappa shape index (κ3) is 3.43. The molecular formula is C17H19F. The SMILES string of the molecule is CC(C)(C)Cc1ccc(-c2ccc(F)cc2)cc1. The third-order valence-corrected chi connectivity index (χ3v) is 2.87. The molecule has 0 aliphatic rings. The van der Waals surface area contributed by atoms with Crippen LogP contribution < -0.4 is 0 Å². The number of hydrogen-bond acceptors (Lipinski definition) is 0. The zero-order chi connectivity index (χ0) is 13.2. The van der Waals surface area contributed by atoms with Gasteiger partial charge in [-0.25, -0.2) is 4.39 Å². The van der Waals surface area contributed by atoms with Crippen molar-refractivity contribution in [3.8, 4) is 11.1 Å². The monoisotopic (exact) mass is 242 g/mol. The van der Waals surface area contributed by atoms with Crippen molar-refractivity contribution >= 4 is 0 Å². The summed E-state index contributed by atoms with van der Waals surface area (Å²) < 4.78 is 12.9. The first-order valence-corrected chi connectivity index (χ1v) is 6.29. The maximum atomic E-state index is 12.9. The highest BCUT2D eigenvalue weighted by Gasteiger charge is 2.10. The lowest BCUT2D eigenvalue weighted by atomic mass is 9.87. The minimum atomic E-state index is -0.192. The van der Waals surface area contributed by atoms with Gasteiger partial charge in [-0.1, -0.05) is 57.2 Å². The lowest BCUT2D eigenvalue weighted by molar-refractivity contribution is 0.411. The van der Waals surface area contributed by atoms with Crippen LogP contribution in [0.1, 0.15) is 26.3 Å². The van der Waals surface area contributed by atoms with Crippen LogP contribution in [0.15, 0.2) is 48.5 Å². The summed E-state index contributed by atoms with van der Waals surface area (Å²) >= 11 is 0. The molecule has 2 rings (SSSR count). The van der Waals surface area contributed by atoms with E-state index in [9.17, 15) is 4.39 Å². The van der Waals surface area contributed by atoms with Gasteiger partial charge in [0, 0.05) is 0 Å². The molecule has 0 atom stereocenters. The second kappa shape index (κ2) is 4.93. The minimum absolute atomic E-state index is 0.192. The molecule has 2 aromatic rings. The lowest BCUT2D eigenvalue weighted by Gasteiger charge is -2.18. The van der Waals surface area contributed by atoms with Crippen molar-refractivity contribution in [2.75, 3.05) is 0 Å². The maximum absolute atomic E-state index is 12.9. The molecular weight excluding hydrogens is 223 g/mol. The van der Waals surface area contributed by atoms with Crippen molar-refractivity contribution in [1.29, 1.82) is 0 Å². The molecule has 0 bridgehead atoms. The fraction of sp³-hybridized carbons (Fsp3) is 0.294. The standard InChI is InChI=1S/C17H19F/c1-17(2,3)12-13-4-6-14(7-5-13)15-8-10-16(18)11-9-15/h4-11H,12H2,1-3H3. The third-order valence-electron chi connectivity index (χ3n) is 2.87. The molecule has 0 aliphatic heterocycles. The molecule has 1 heteroatoms. The second-order valence-corrected chi connectivity index (χ2v) is 5.94. The van der Waals surface area contributed by atoms with Crippen LogP contribution in [0, 0.1) is 11.2 Å². The van der Waals surface area contributed by atoms with Gasteiger partial charge in [0.15, 0.2) is 0 Å². The van der Waals surface area contributed by atoms with E-state index in [4.69, 9.17) is 0 Å². The van der Waals surface area contributed by atoms with E-state index >= 15 is 0 Å². The van der Waals surface area contributed by atoms with Crippen LogP contribution >= 0.6 is 0 Å². The molecule has 0 aromatic heterocycles. The molecule has 2 aromatic carbocycles. The van der Waals surface area contributed by atoms with Gasteiger partial charge in [-0.05, 0) is 40.7 Å². The van der Waals surface area contributed by atoms with Gasteiger partial charge in [-0.3, -0.25) is 0 Å². The van der Waals surface area contributed by atoms with Crippen molar-refractivity contribution in [2.45, 2.75) is 27.2 Å². The summed E-state index contributed by atoms with van der Waals surface area (Å²) in [4.78, 5) is 0. The molecule has 0 unspecified atom stereocenters. The summed E-state index contributed by atoms with van der Waals surface area (Å²) in [5, 5.41) is 0.